The van der Waals surface area contributed by atoms with Crippen LogP contribution >= 0.6 is 27.3 Å². The molecule has 4 heteroatoms. The number of halogens is 2. The van der Waals surface area contributed by atoms with Gasteiger partial charge in [0, 0.05) is 15.9 Å². The van der Waals surface area contributed by atoms with Crippen molar-refractivity contribution in [3.63, 3.8) is 0 Å². The lowest BCUT2D eigenvalue weighted by Crippen LogP contribution is -2.22. The Morgan fingerprint density at radius 2 is 2.06 bits per heavy atom. The van der Waals surface area contributed by atoms with Crippen LogP contribution in [0.15, 0.2) is 40.2 Å². The summed E-state index contributed by atoms with van der Waals surface area (Å²) in [5.41, 5.74) is 0.662. The quantitative estimate of drug-likeness (QED) is 0.792. The van der Waals surface area contributed by atoms with Crippen LogP contribution in [0.2, 0.25) is 0 Å². The maximum atomic E-state index is 13.7. The Kier molecular flexibility index (Phi) is 4.18. The lowest BCUT2D eigenvalue weighted by atomic mass is 10.2. The fourth-order valence-corrected chi connectivity index (χ4v) is 3.18. The fourth-order valence-electron chi connectivity index (χ4n) is 1.69. The molecule has 2 rings (SSSR count). The molecule has 1 aromatic heterocycles. The second kappa shape index (κ2) is 5.65. The molecule has 1 nitrogen and oxygen atoms in total. The van der Waals surface area contributed by atoms with Crippen molar-refractivity contribution in [1.82, 2.24) is 0 Å². The smallest absolute Gasteiger partial charge is 0.146 e. The van der Waals surface area contributed by atoms with Crippen LogP contribution in [0, 0.1) is 5.82 Å². The number of nitrogens with zero attached hydrogens (tertiary/aromatic N) is 1. The SMILES string of the molecule is CCN(Cc1sccc1Br)c1ccccc1F. The van der Waals surface area contributed by atoms with Crippen LogP contribution in [-0.2, 0) is 6.54 Å². The third kappa shape index (κ3) is 2.87. The molecule has 2 aromatic rings. The predicted molar refractivity (Wildman–Crippen MR) is 75.1 cm³/mol. The molecule has 0 amide bonds. The number of rotatable bonds is 4. The van der Waals surface area contributed by atoms with Crippen molar-refractivity contribution < 1.29 is 4.39 Å². The molecule has 0 aliphatic carbocycles. The van der Waals surface area contributed by atoms with Gasteiger partial charge >= 0.3 is 0 Å². The van der Waals surface area contributed by atoms with E-state index in [0.717, 1.165) is 17.6 Å². The molecule has 0 N–H and O–H groups in total. The van der Waals surface area contributed by atoms with Crippen molar-refractivity contribution >= 4 is 33.0 Å². The second-order valence-corrected chi connectivity index (χ2v) is 5.51. The minimum atomic E-state index is -0.165. The highest BCUT2D eigenvalue weighted by Crippen LogP contribution is 2.27. The predicted octanol–water partition coefficient (Wildman–Crippen LogP) is 4.68. The summed E-state index contributed by atoms with van der Waals surface area (Å²) in [5.74, 6) is -0.165. The summed E-state index contributed by atoms with van der Waals surface area (Å²) in [6.45, 7) is 3.55. The molecular formula is C13H13BrFNS. The average molecular weight is 314 g/mol. The topological polar surface area (TPSA) is 3.24 Å². The lowest BCUT2D eigenvalue weighted by Gasteiger charge is -2.23. The summed E-state index contributed by atoms with van der Waals surface area (Å²) in [6, 6.07) is 8.93. The maximum Gasteiger partial charge on any atom is 0.146 e. The highest BCUT2D eigenvalue weighted by atomic mass is 79.9. The molecule has 1 aromatic carbocycles. The van der Waals surface area contributed by atoms with Crippen molar-refractivity contribution in [2.45, 2.75) is 13.5 Å². The Morgan fingerprint density at radius 3 is 2.65 bits per heavy atom. The van der Waals surface area contributed by atoms with Crippen molar-refractivity contribution in [2.75, 3.05) is 11.4 Å². The first-order valence-corrected chi connectivity index (χ1v) is 7.11. The molecule has 0 aliphatic heterocycles. The Hall–Kier alpha value is -0.870. The summed E-state index contributed by atoms with van der Waals surface area (Å²) in [5, 5.41) is 2.04. The van der Waals surface area contributed by atoms with Crippen LogP contribution in [-0.4, -0.2) is 6.54 Å². The van der Waals surface area contributed by atoms with Gasteiger partial charge in [-0.3, -0.25) is 0 Å². The third-order valence-electron chi connectivity index (χ3n) is 2.60. The molecule has 0 saturated heterocycles. The molecular weight excluding hydrogens is 301 g/mol. The summed E-state index contributed by atoms with van der Waals surface area (Å²) in [7, 11) is 0. The molecule has 0 aliphatic rings. The van der Waals surface area contributed by atoms with E-state index in [1.165, 1.54) is 10.9 Å². The van der Waals surface area contributed by atoms with E-state index in [9.17, 15) is 4.39 Å². The van der Waals surface area contributed by atoms with Gasteiger partial charge in [-0.1, -0.05) is 12.1 Å². The number of thiophene rings is 1. The van der Waals surface area contributed by atoms with E-state index in [4.69, 9.17) is 0 Å². The van der Waals surface area contributed by atoms with Gasteiger partial charge in [-0.15, -0.1) is 11.3 Å². The van der Waals surface area contributed by atoms with E-state index in [-0.39, 0.29) is 5.82 Å². The number of para-hydroxylation sites is 1. The molecule has 0 atom stereocenters. The molecule has 0 radical (unpaired) electrons. The van der Waals surface area contributed by atoms with Gasteiger partial charge in [-0.05, 0) is 46.4 Å². The average Bonchev–Trinajstić information content (AvgIpc) is 2.73. The molecule has 0 bridgehead atoms. The molecule has 0 saturated carbocycles. The van der Waals surface area contributed by atoms with E-state index in [0.29, 0.717) is 5.69 Å². The molecule has 1 heterocycles. The van der Waals surface area contributed by atoms with Crippen LogP contribution in [0.4, 0.5) is 10.1 Å². The number of benzene rings is 1. The standard InChI is InChI=1S/C13H13BrFNS/c1-2-16(9-13-10(14)7-8-17-13)12-6-4-3-5-11(12)15/h3-8H,2,9H2,1H3. The first kappa shape index (κ1) is 12.6. The summed E-state index contributed by atoms with van der Waals surface area (Å²) >= 11 is 5.19. The summed E-state index contributed by atoms with van der Waals surface area (Å²) in [4.78, 5) is 3.25. The van der Waals surface area contributed by atoms with Gasteiger partial charge in [0.05, 0.1) is 12.2 Å². The van der Waals surface area contributed by atoms with Crippen LogP contribution < -0.4 is 4.90 Å². The maximum absolute atomic E-state index is 13.7. The zero-order valence-electron chi connectivity index (χ0n) is 9.49. The number of hydrogen-bond acceptors (Lipinski definition) is 2. The normalized spacial score (nSPS) is 10.5. The number of hydrogen-bond donors (Lipinski definition) is 0. The van der Waals surface area contributed by atoms with Crippen LogP contribution in [0.5, 0.6) is 0 Å². The van der Waals surface area contributed by atoms with Gasteiger partial charge in [0.2, 0.25) is 0 Å². The molecule has 0 unspecified atom stereocenters. The molecule has 0 fully saturated rings. The molecule has 17 heavy (non-hydrogen) atoms. The van der Waals surface area contributed by atoms with E-state index in [1.54, 1.807) is 17.4 Å². The van der Waals surface area contributed by atoms with Crippen LogP contribution in [0.3, 0.4) is 0 Å². The first-order valence-electron chi connectivity index (χ1n) is 5.43. The van der Waals surface area contributed by atoms with Crippen molar-refractivity contribution in [1.29, 1.82) is 0 Å². The lowest BCUT2D eigenvalue weighted by molar-refractivity contribution is 0.618. The van der Waals surface area contributed by atoms with Gasteiger partial charge in [0.1, 0.15) is 5.82 Å². The van der Waals surface area contributed by atoms with E-state index in [1.807, 2.05) is 35.4 Å². The highest BCUT2D eigenvalue weighted by Gasteiger charge is 2.11. The van der Waals surface area contributed by atoms with Gasteiger partial charge in [0.25, 0.3) is 0 Å². The van der Waals surface area contributed by atoms with Crippen molar-refractivity contribution in [3.05, 3.63) is 50.9 Å². The largest absolute Gasteiger partial charge is 0.364 e. The fraction of sp³-hybridized carbons (Fsp3) is 0.231. The van der Waals surface area contributed by atoms with Gasteiger partial charge < -0.3 is 4.90 Å². The van der Waals surface area contributed by atoms with Gasteiger partial charge in [-0.25, -0.2) is 4.39 Å². The Balaban J connectivity index is 2.23. The zero-order chi connectivity index (χ0) is 12.3. The minimum absolute atomic E-state index is 0.165. The van der Waals surface area contributed by atoms with E-state index < -0.39 is 0 Å². The molecule has 90 valence electrons. The van der Waals surface area contributed by atoms with Crippen LogP contribution in [0.25, 0.3) is 0 Å². The highest BCUT2D eigenvalue weighted by molar-refractivity contribution is 9.10. The third-order valence-corrected chi connectivity index (χ3v) is 4.51. The van der Waals surface area contributed by atoms with E-state index in [2.05, 4.69) is 15.9 Å². The van der Waals surface area contributed by atoms with Gasteiger partial charge in [0.15, 0.2) is 0 Å². The Morgan fingerprint density at radius 1 is 1.29 bits per heavy atom. The monoisotopic (exact) mass is 313 g/mol. The number of anilines is 1. The Labute approximate surface area is 113 Å². The van der Waals surface area contributed by atoms with Crippen LogP contribution in [0.1, 0.15) is 11.8 Å². The summed E-state index contributed by atoms with van der Waals surface area (Å²) in [6.07, 6.45) is 0. The molecule has 0 spiro atoms. The Bertz CT molecular complexity index is 498. The van der Waals surface area contributed by atoms with Crippen molar-refractivity contribution in [2.24, 2.45) is 0 Å². The summed E-state index contributed by atoms with van der Waals surface area (Å²) < 4.78 is 14.8. The zero-order valence-corrected chi connectivity index (χ0v) is 11.9. The first-order chi connectivity index (χ1) is 8.22. The minimum Gasteiger partial charge on any atom is -0.364 e. The van der Waals surface area contributed by atoms with Crippen molar-refractivity contribution in [3.8, 4) is 0 Å². The second-order valence-electron chi connectivity index (χ2n) is 3.66. The van der Waals surface area contributed by atoms with Gasteiger partial charge in [-0.2, -0.15) is 0 Å². The van der Waals surface area contributed by atoms with E-state index >= 15 is 0 Å².